The second-order valence-corrected chi connectivity index (χ2v) is 5.97. The van der Waals surface area contributed by atoms with Crippen LogP contribution in [0.4, 0.5) is 0 Å². The van der Waals surface area contributed by atoms with Crippen LogP contribution in [-0.4, -0.2) is 45.4 Å². The Kier molecular flexibility index (Phi) is 4.85. The van der Waals surface area contributed by atoms with Crippen molar-refractivity contribution in [2.24, 2.45) is 0 Å². The maximum atomic E-state index is 9.90. The van der Waals surface area contributed by atoms with Crippen molar-refractivity contribution in [3.63, 3.8) is 0 Å². The number of benzene rings is 1. The summed E-state index contributed by atoms with van der Waals surface area (Å²) in [7, 11) is 0. The van der Waals surface area contributed by atoms with Crippen molar-refractivity contribution < 1.29 is 9.63 Å². The van der Waals surface area contributed by atoms with E-state index in [-0.39, 0.29) is 12.1 Å². The summed E-state index contributed by atoms with van der Waals surface area (Å²) in [6.45, 7) is 3.77. The lowest BCUT2D eigenvalue weighted by molar-refractivity contribution is 0.0361. The van der Waals surface area contributed by atoms with Crippen molar-refractivity contribution in [1.82, 2.24) is 15.0 Å². The Balaban J connectivity index is 1.61. The fraction of sp³-hybridized carbons (Fsp3) is 0.529. The normalized spacial score (nSPS) is 20.9. The van der Waals surface area contributed by atoms with Crippen molar-refractivity contribution in [1.29, 1.82) is 0 Å². The summed E-state index contributed by atoms with van der Waals surface area (Å²) < 4.78 is 5.36. The molecule has 5 nitrogen and oxygen atoms in total. The van der Waals surface area contributed by atoms with Gasteiger partial charge in [0.1, 0.15) is 0 Å². The van der Waals surface area contributed by atoms with Gasteiger partial charge < -0.3 is 9.63 Å². The average Bonchev–Trinajstić information content (AvgIpc) is 3.03. The summed E-state index contributed by atoms with van der Waals surface area (Å²) in [6.07, 6.45) is 3.90. The molecule has 5 heteroatoms. The van der Waals surface area contributed by atoms with Gasteiger partial charge in [-0.15, -0.1) is 0 Å². The minimum absolute atomic E-state index is 0.255. The number of nitrogens with zero attached hydrogens (tertiary/aromatic N) is 3. The molecule has 1 aromatic heterocycles. The van der Waals surface area contributed by atoms with Crippen molar-refractivity contribution in [2.45, 2.75) is 44.8 Å². The number of likely N-dealkylation sites (tertiary alicyclic amines) is 1. The van der Waals surface area contributed by atoms with Gasteiger partial charge in [0.15, 0.2) is 0 Å². The lowest BCUT2D eigenvalue weighted by Gasteiger charge is -2.37. The Morgan fingerprint density at radius 1 is 1.32 bits per heavy atom. The summed E-state index contributed by atoms with van der Waals surface area (Å²) in [5, 5.41) is 14.0. The third kappa shape index (κ3) is 3.54. The Morgan fingerprint density at radius 2 is 2.14 bits per heavy atom. The summed E-state index contributed by atoms with van der Waals surface area (Å²) in [5.74, 6) is 1.30. The molecule has 0 bridgehead atoms. The van der Waals surface area contributed by atoms with Gasteiger partial charge in [0.05, 0.1) is 6.10 Å². The van der Waals surface area contributed by atoms with Crippen LogP contribution in [0.15, 0.2) is 34.9 Å². The Morgan fingerprint density at radius 3 is 2.91 bits per heavy atom. The predicted octanol–water partition coefficient (Wildman–Crippen LogP) is 2.51. The van der Waals surface area contributed by atoms with E-state index in [1.807, 2.05) is 37.3 Å². The lowest BCUT2D eigenvalue weighted by atomic mass is 9.98. The van der Waals surface area contributed by atoms with Crippen LogP contribution in [0, 0.1) is 0 Å². The SMILES string of the molecule is CC(O)C1CCCCN1CCc1nc(-c2ccccc2)no1. The topological polar surface area (TPSA) is 62.4 Å². The molecular weight excluding hydrogens is 278 g/mol. The van der Waals surface area contributed by atoms with E-state index in [4.69, 9.17) is 4.52 Å². The molecule has 0 radical (unpaired) electrons. The van der Waals surface area contributed by atoms with Gasteiger partial charge in [-0.2, -0.15) is 4.98 Å². The first-order valence-corrected chi connectivity index (χ1v) is 8.04. The van der Waals surface area contributed by atoms with E-state index in [1.54, 1.807) is 0 Å². The van der Waals surface area contributed by atoms with Crippen LogP contribution >= 0.6 is 0 Å². The summed E-state index contributed by atoms with van der Waals surface area (Å²) in [4.78, 5) is 6.82. The Labute approximate surface area is 131 Å². The van der Waals surface area contributed by atoms with Crippen molar-refractivity contribution >= 4 is 0 Å². The van der Waals surface area contributed by atoms with Crippen LogP contribution in [0.1, 0.15) is 32.1 Å². The lowest BCUT2D eigenvalue weighted by Crippen LogP contribution is -2.46. The van der Waals surface area contributed by atoms with Gasteiger partial charge in [0.2, 0.25) is 11.7 Å². The standard InChI is InChI=1S/C17H23N3O2/c1-13(21)15-9-5-6-11-20(15)12-10-16-18-17(19-22-16)14-7-3-2-4-8-14/h2-4,7-8,13,15,21H,5-6,9-12H2,1H3. The van der Waals surface area contributed by atoms with Gasteiger partial charge in [0, 0.05) is 24.6 Å². The summed E-state index contributed by atoms with van der Waals surface area (Å²) >= 11 is 0. The highest BCUT2D eigenvalue weighted by atomic mass is 16.5. The highest BCUT2D eigenvalue weighted by Crippen LogP contribution is 2.20. The molecule has 1 aliphatic heterocycles. The van der Waals surface area contributed by atoms with E-state index in [2.05, 4.69) is 15.0 Å². The molecule has 1 aliphatic rings. The van der Waals surface area contributed by atoms with Crippen LogP contribution in [0.3, 0.4) is 0 Å². The minimum Gasteiger partial charge on any atom is -0.392 e. The molecule has 1 aromatic carbocycles. The number of aliphatic hydroxyl groups excluding tert-OH is 1. The molecule has 3 rings (SSSR count). The fourth-order valence-corrected chi connectivity index (χ4v) is 3.14. The smallest absolute Gasteiger partial charge is 0.228 e. The maximum Gasteiger partial charge on any atom is 0.228 e. The highest BCUT2D eigenvalue weighted by molar-refractivity contribution is 5.53. The molecule has 1 fully saturated rings. The number of aromatic nitrogens is 2. The molecule has 2 atom stereocenters. The van der Waals surface area contributed by atoms with Crippen molar-refractivity contribution in [2.75, 3.05) is 13.1 Å². The van der Waals surface area contributed by atoms with Crippen LogP contribution in [0.2, 0.25) is 0 Å². The number of hydrogen-bond acceptors (Lipinski definition) is 5. The Bertz CT molecular complexity index is 583. The molecule has 0 amide bonds. The first-order valence-electron chi connectivity index (χ1n) is 8.04. The molecule has 0 spiro atoms. The predicted molar refractivity (Wildman–Crippen MR) is 84.3 cm³/mol. The van der Waals surface area contributed by atoms with Crippen LogP contribution in [0.5, 0.6) is 0 Å². The molecule has 2 unspecified atom stereocenters. The van der Waals surface area contributed by atoms with Crippen molar-refractivity contribution in [3.05, 3.63) is 36.2 Å². The van der Waals surface area contributed by atoms with Gasteiger partial charge in [-0.3, -0.25) is 4.90 Å². The number of hydrogen-bond donors (Lipinski definition) is 1. The third-order valence-corrected chi connectivity index (χ3v) is 4.33. The molecular formula is C17H23N3O2. The molecule has 1 N–H and O–H groups in total. The van der Waals surface area contributed by atoms with Gasteiger partial charge >= 0.3 is 0 Å². The first-order chi connectivity index (χ1) is 10.7. The van der Waals surface area contributed by atoms with Gasteiger partial charge in [0.25, 0.3) is 0 Å². The molecule has 118 valence electrons. The van der Waals surface area contributed by atoms with E-state index in [9.17, 15) is 5.11 Å². The van der Waals surface area contributed by atoms with Crippen molar-refractivity contribution in [3.8, 4) is 11.4 Å². The van der Waals surface area contributed by atoms with E-state index < -0.39 is 0 Å². The zero-order valence-electron chi connectivity index (χ0n) is 13.0. The summed E-state index contributed by atoms with van der Waals surface area (Å²) in [6, 6.07) is 10.1. The zero-order valence-corrected chi connectivity index (χ0v) is 13.0. The van der Waals surface area contributed by atoms with Gasteiger partial charge in [-0.25, -0.2) is 0 Å². The number of piperidine rings is 1. The molecule has 0 aliphatic carbocycles. The van der Waals surface area contributed by atoms with Gasteiger partial charge in [-0.05, 0) is 26.3 Å². The zero-order chi connectivity index (χ0) is 15.4. The first kappa shape index (κ1) is 15.2. The molecule has 2 heterocycles. The number of aliphatic hydroxyl groups is 1. The summed E-state index contributed by atoms with van der Waals surface area (Å²) in [5.41, 5.74) is 0.970. The van der Waals surface area contributed by atoms with Crippen LogP contribution in [0.25, 0.3) is 11.4 Å². The van der Waals surface area contributed by atoms with E-state index in [1.165, 1.54) is 12.8 Å². The third-order valence-electron chi connectivity index (χ3n) is 4.33. The quantitative estimate of drug-likeness (QED) is 0.919. The number of rotatable bonds is 5. The molecule has 2 aromatic rings. The second-order valence-electron chi connectivity index (χ2n) is 5.97. The van der Waals surface area contributed by atoms with Crippen LogP contribution < -0.4 is 0 Å². The van der Waals surface area contributed by atoms with E-state index >= 15 is 0 Å². The largest absolute Gasteiger partial charge is 0.392 e. The fourth-order valence-electron chi connectivity index (χ4n) is 3.14. The average molecular weight is 301 g/mol. The van der Waals surface area contributed by atoms with E-state index in [0.29, 0.717) is 11.7 Å². The Hall–Kier alpha value is -1.72. The second kappa shape index (κ2) is 7.03. The van der Waals surface area contributed by atoms with Crippen LogP contribution in [-0.2, 0) is 6.42 Å². The van der Waals surface area contributed by atoms with Gasteiger partial charge in [-0.1, -0.05) is 41.9 Å². The molecule has 22 heavy (non-hydrogen) atoms. The molecule has 0 saturated carbocycles. The minimum atomic E-state index is -0.289. The monoisotopic (exact) mass is 301 g/mol. The van der Waals surface area contributed by atoms with E-state index in [0.717, 1.165) is 31.5 Å². The molecule has 1 saturated heterocycles. The highest BCUT2D eigenvalue weighted by Gasteiger charge is 2.26. The maximum absolute atomic E-state index is 9.90.